The molecule has 3 rings (SSSR count). The van der Waals surface area contributed by atoms with Crippen molar-refractivity contribution in [3.8, 4) is 0 Å². The summed E-state index contributed by atoms with van der Waals surface area (Å²) in [5.41, 5.74) is -0.208. The number of carbonyl (C=O) groups excluding carboxylic acids is 2. The molecule has 0 unspecified atom stereocenters. The quantitative estimate of drug-likeness (QED) is 0.808. The van der Waals surface area contributed by atoms with Crippen LogP contribution in [0.5, 0.6) is 0 Å². The molecule has 1 heterocycles. The Morgan fingerprint density at radius 1 is 1.38 bits per heavy atom. The number of ether oxygens (including phenoxy) is 1. The highest BCUT2D eigenvalue weighted by Crippen LogP contribution is 2.42. The van der Waals surface area contributed by atoms with E-state index < -0.39 is 5.54 Å². The summed E-state index contributed by atoms with van der Waals surface area (Å²) in [6, 6.07) is 7.60. The molecular weight excluding hydrogens is 352 g/mol. The number of hydrogen-bond acceptors (Lipinski definition) is 4. The average Bonchev–Trinajstić information content (AvgIpc) is 2.64. The second-order valence-corrected chi connectivity index (χ2v) is 7.72. The van der Waals surface area contributed by atoms with E-state index in [-0.39, 0.29) is 17.7 Å². The van der Waals surface area contributed by atoms with Crippen LogP contribution in [-0.4, -0.2) is 60.9 Å². The smallest absolute Gasteiger partial charge is 0.237 e. The van der Waals surface area contributed by atoms with E-state index in [1.54, 1.807) is 18.0 Å². The summed E-state index contributed by atoms with van der Waals surface area (Å²) < 4.78 is 5.45. The van der Waals surface area contributed by atoms with E-state index in [2.05, 4.69) is 11.8 Å². The van der Waals surface area contributed by atoms with E-state index >= 15 is 0 Å². The van der Waals surface area contributed by atoms with Gasteiger partial charge in [-0.05, 0) is 32.3 Å². The van der Waals surface area contributed by atoms with Gasteiger partial charge in [-0.1, -0.05) is 29.8 Å². The van der Waals surface area contributed by atoms with Crippen molar-refractivity contribution in [1.82, 2.24) is 9.80 Å². The van der Waals surface area contributed by atoms with Crippen LogP contribution in [0.15, 0.2) is 24.3 Å². The first-order valence-corrected chi connectivity index (χ1v) is 9.71. The number of ketones is 1. The Hall–Kier alpha value is -1.43. The molecule has 1 aromatic carbocycles. The van der Waals surface area contributed by atoms with E-state index in [9.17, 15) is 9.59 Å². The van der Waals surface area contributed by atoms with Crippen molar-refractivity contribution in [2.75, 3.05) is 33.4 Å². The largest absolute Gasteiger partial charge is 0.379 e. The van der Waals surface area contributed by atoms with E-state index in [0.717, 1.165) is 24.9 Å². The predicted octanol–water partition coefficient (Wildman–Crippen LogP) is 2.86. The fourth-order valence-corrected chi connectivity index (χ4v) is 4.41. The molecular formula is C20H27ClN2O3. The summed E-state index contributed by atoms with van der Waals surface area (Å²) in [5.74, 6) is 0.0386. The van der Waals surface area contributed by atoms with Gasteiger partial charge < -0.3 is 9.64 Å². The van der Waals surface area contributed by atoms with Gasteiger partial charge in [-0.3, -0.25) is 14.5 Å². The normalized spacial score (nSPS) is 27.3. The van der Waals surface area contributed by atoms with Crippen molar-refractivity contribution in [2.45, 2.75) is 44.2 Å². The third-order valence-corrected chi connectivity index (χ3v) is 6.09. The highest BCUT2D eigenvalue weighted by molar-refractivity contribution is 6.31. The van der Waals surface area contributed by atoms with Crippen LogP contribution in [0.2, 0.25) is 5.02 Å². The minimum Gasteiger partial charge on any atom is -0.379 e. The Kier molecular flexibility index (Phi) is 6.00. The molecule has 0 bridgehead atoms. The Labute approximate surface area is 160 Å². The predicted molar refractivity (Wildman–Crippen MR) is 101 cm³/mol. The van der Waals surface area contributed by atoms with E-state index in [4.69, 9.17) is 16.3 Å². The van der Waals surface area contributed by atoms with E-state index in [1.807, 2.05) is 18.2 Å². The van der Waals surface area contributed by atoms with Gasteiger partial charge in [0, 0.05) is 36.6 Å². The summed E-state index contributed by atoms with van der Waals surface area (Å²) in [5, 5.41) is 0.544. The molecule has 0 N–H and O–H groups in total. The van der Waals surface area contributed by atoms with Crippen LogP contribution in [0.1, 0.15) is 38.2 Å². The second kappa shape index (κ2) is 8.07. The monoisotopic (exact) mass is 378 g/mol. The SMILES string of the molecule is C[C@@H]1COCCN1CC(=O)N(C)[C@]1(c2ccccc2Cl)CCCCC1=O. The van der Waals surface area contributed by atoms with Gasteiger partial charge in [-0.25, -0.2) is 0 Å². The van der Waals surface area contributed by atoms with Crippen LogP contribution in [0, 0.1) is 0 Å². The molecule has 1 aromatic rings. The summed E-state index contributed by atoms with van der Waals surface area (Å²) in [6.07, 6.45) is 2.88. The maximum atomic E-state index is 13.1. The van der Waals surface area contributed by atoms with Gasteiger partial charge in [0.15, 0.2) is 5.78 Å². The average molecular weight is 379 g/mol. The molecule has 26 heavy (non-hydrogen) atoms. The molecule has 1 saturated heterocycles. The van der Waals surface area contributed by atoms with Gasteiger partial charge in [-0.15, -0.1) is 0 Å². The van der Waals surface area contributed by atoms with Gasteiger partial charge in [0.05, 0.1) is 19.8 Å². The second-order valence-electron chi connectivity index (χ2n) is 7.32. The Balaban J connectivity index is 1.90. The van der Waals surface area contributed by atoms with Crippen LogP contribution >= 0.6 is 11.6 Å². The van der Waals surface area contributed by atoms with Crippen LogP contribution in [0.25, 0.3) is 0 Å². The van der Waals surface area contributed by atoms with Crippen molar-refractivity contribution in [3.63, 3.8) is 0 Å². The molecule has 0 radical (unpaired) electrons. The van der Waals surface area contributed by atoms with Gasteiger partial charge in [-0.2, -0.15) is 0 Å². The maximum absolute atomic E-state index is 13.1. The van der Waals surface area contributed by atoms with Crippen molar-refractivity contribution in [2.24, 2.45) is 0 Å². The van der Waals surface area contributed by atoms with Crippen LogP contribution in [-0.2, 0) is 19.9 Å². The third kappa shape index (κ3) is 3.53. The number of nitrogens with zero attached hydrogens (tertiary/aromatic N) is 2. The van der Waals surface area contributed by atoms with Gasteiger partial charge in [0.25, 0.3) is 0 Å². The Morgan fingerprint density at radius 3 is 2.85 bits per heavy atom. The van der Waals surface area contributed by atoms with Crippen LogP contribution < -0.4 is 0 Å². The maximum Gasteiger partial charge on any atom is 0.237 e. The lowest BCUT2D eigenvalue weighted by molar-refractivity contribution is -0.150. The minimum absolute atomic E-state index is 0.0473. The lowest BCUT2D eigenvalue weighted by atomic mass is 9.74. The number of carbonyl (C=O) groups is 2. The molecule has 1 aliphatic carbocycles. The van der Waals surface area contributed by atoms with E-state index in [0.29, 0.717) is 37.6 Å². The van der Waals surface area contributed by atoms with Crippen LogP contribution in [0.4, 0.5) is 0 Å². The zero-order valence-corrected chi connectivity index (χ0v) is 16.3. The molecule has 0 aromatic heterocycles. The number of benzene rings is 1. The Morgan fingerprint density at radius 2 is 2.15 bits per heavy atom. The van der Waals surface area contributed by atoms with E-state index in [1.165, 1.54) is 0 Å². The number of Topliss-reactive ketones (excluding diaryl/α,β-unsaturated/α-hetero) is 1. The Bertz CT molecular complexity index is 681. The van der Waals surface area contributed by atoms with Crippen molar-refractivity contribution < 1.29 is 14.3 Å². The van der Waals surface area contributed by atoms with Crippen LogP contribution in [0.3, 0.4) is 0 Å². The van der Waals surface area contributed by atoms with Gasteiger partial charge in [0.1, 0.15) is 5.54 Å². The fraction of sp³-hybridized carbons (Fsp3) is 0.600. The molecule has 1 aliphatic heterocycles. The summed E-state index contributed by atoms with van der Waals surface area (Å²) in [4.78, 5) is 30.0. The van der Waals surface area contributed by atoms with Crippen molar-refractivity contribution in [1.29, 1.82) is 0 Å². The lowest BCUT2D eigenvalue weighted by Crippen LogP contribution is -2.57. The number of halogens is 1. The first-order chi connectivity index (χ1) is 12.5. The summed E-state index contributed by atoms with van der Waals surface area (Å²) in [6.45, 7) is 4.35. The number of amides is 1. The molecule has 1 amide bonds. The minimum atomic E-state index is -0.955. The fourth-order valence-electron chi connectivity index (χ4n) is 4.12. The molecule has 2 atom stereocenters. The third-order valence-electron chi connectivity index (χ3n) is 5.76. The van der Waals surface area contributed by atoms with Gasteiger partial charge >= 0.3 is 0 Å². The molecule has 2 aliphatic rings. The number of rotatable bonds is 4. The molecule has 142 valence electrons. The summed E-state index contributed by atoms with van der Waals surface area (Å²) >= 11 is 6.46. The lowest BCUT2D eigenvalue weighted by Gasteiger charge is -2.45. The number of hydrogen-bond donors (Lipinski definition) is 0. The molecule has 1 saturated carbocycles. The highest BCUT2D eigenvalue weighted by Gasteiger charge is 2.48. The molecule has 2 fully saturated rings. The number of likely N-dealkylation sites (N-methyl/N-ethyl adjacent to an activating group) is 1. The first kappa shape index (κ1) is 19.3. The molecule has 6 heteroatoms. The standard InChI is InChI=1S/C20H27ClN2O3/c1-15-14-26-12-11-23(15)13-19(25)22(2)20(10-6-5-9-18(20)24)16-7-3-4-8-17(16)21/h3-4,7-8,15H,5-6,9-14H2,1-2H3/t15-,20+/m1/s1. The molecule has 0 spiro atoms. The van der Waals surface area contributed by atoms with Crippen molar-refractivity contribution >= 4 is 23.3 Å². The topological polar surface area (TPSA) is 49.9 Å². The first-order valence-electron chi connectivity index (χ1n) is 9.33. The van der Waals surface area contributed by atoms with Gasteiger partial charge in [0.2, 0.25) is 5.91 Å². The zero-order chi connectivity index (χ0) is 18.7. The zero-order valence-electron chi connectivity index (χ0n) is 15.5. The number of morpholine rings is 1. The highest BCUT2D eigenvalue weighted by atomic mass is 35.5. The molecule has 5 nitrogen and oxygen atoms in total. The summed E-state index contributed by atoms with van der Waals surface area (Å²) in [7, 11) is 1.75. The van der Waals surface area contributed by atoms with Crippen molar-refractivity contribution in [3.05, 3.63) is 34.9 Å².